The van der Waals surface area contributed by atoms with Crippen molar-refractivity contribution < 1.29 is 4.79 Å². The minimum absolute atomic E-state index is 0.0397. The molecule has 1 aromatic heterocycles. The number of carbonyl (C=O) groups excluding carboxylic acids is 1. The normalized spacial score (nSPS) is 9.79. The molecule has 1 aromatic rings. The number of carbonyl (C=O) groups is 1. The van der Waals surface area contributed by atoms with E-state index < -0.39 is 0 Å². The molecule has 0 aliphatic heterocycles. The van der Waals surface area contributed by atoms with Crippen LogP contribution in [0.2, 0.25) is 0 Å². The molecule has 0 unspecified atom stereocenters. The summed E-state index contributed by atoms with van der Waals surface area (Å²) < 4.78 is 0. The van der Waals surface area contributed by atoms with Crippen LogP contribution in [-0.4, -0.2) is 28.9 Å². The lowest BCUT2D eigenvalue weighted by atomic mass is 10.4. The van der Waals surface area contributed by atoms with Gasteiger partial charge in [-0.05, 0) is 12.1 Å². The van der Waals surface area contributed by atoms with E-state index in [1.54, 1.807) is 18.3 Å². The second kappa shape index (κ2) is 6.39. The van der Waals surface area contributed by atoms with Gasteiger partial charge in [0.1, 0.15) is 5.82 Å². The number of hydrogen-bond acceptors (Lipinski definition) is 4. The molecule has 14 heavy (non-hydrogen) atoms. The Labute approximate surface area is 87.3 Å². The van der Waals surface area contributed by atoms with E-state index in [0.29, 0.717) is 18.1 Å². The van der Waals surface area contributed by atoms with Crippen molar-refractivity contribution in [1.82, 2.24) is 4.98 Å². The zero-order valence-corrected chi connectivity index (χ0v) is 8.59. The number of nitrogens with zero attached hydrogens (tertiary/aromatic N) is 1. The largest absolute Gasteiger partial charge is 0.330 e. The number of rotatable bonds is 5. The molecule has 0 aromatic carbocycles. The average Bonchev–Trinajstić information content (AvgIpc) is 2.20. The second-order valence-electron chi connectivity index (χ2n) is 2.60. The molecule has 76 valence electrons. The van der Waals surface area contributed by atoms with Gasteiger partial charge < -0.3 is 11.1 Å². The zero-order valence-electron chi connectivity index (χ0n) is 7.77. The highest BCUT2D eigenvalue weighted by Crippen LogP contribution is 2.02. The Morgan fingerprint density at radius 1 is 1.57 bits per heavy atom. The van der Waals surface area contributed by atoms with E-state index in [0.717, 1.165) is 5.75 Å². The van der Waals surface area contributed by atoms with Gasteiger partial charge in [0.25, 0.3) is 0 Å². The van der Waals surface area contributed by atoms with E-state index in [-0.39, 0.29) is 5.91 Å². The van der Waals surface area contributed by atoms with Crippen molar-refractivity contribution in [2.75, 3.05) is 23.4 Å². The second-order valence-corrected chi connectivity index (χ2v) is 3.71. The van der Waals surface area contributed by atoms with Crippen molar-refractivity contribution in [3.05, 3.63) is 24.4 Å². The van der Waals surface area contributed by atoms with Crippen molar-refractivity contribution in [2.24, 2.45) is 5.73 Å². The zero-order chi connectivity index (χ0) is 10.2. The number of nitrogens with one attached hydrogen (secondary N) is 1. The number of amides is 1. The van der Waals surface area contributed by atoms with E-state index in [2.05, 4.69) is 10.3 Å². The molecule has 5 heteroatoms. The average molecular weight is 211 g/mol. The molecule has 0 fully saturated rings. The highest BCUT2D eigenvalue weighted by Gasteiger charge is 2.01. The monoisotopic (exact) mass is 211 g/mol. The first-order valence-corrected chi connectivity index (χ1v) is 5.47. The summed E-state index contributed by atoms with van der Waals surface area (Å²) in [6.45, 7) is 0.599. The number of nitrogens with two attached hydrogens (primary N) is 1. The molecule has 1 amide bonds. The molecule has 0 spiro atoms. The Hall–Kier alpha value is -1.07. The van der Waals surface area contributed by atoms with Crippen molar-refractivity contribution in [3.63, 3.8) is 0 Å². The molecule has 0 atom stereocenters. The number of thioether (sulfide) groups is 1. The van der Waals surface area contributed by atoms with Crippen LogP contribution in [0.25, 0.3) is 0 Å². The van der Waals surface area contributed by atoms with Gasteiger partial charge in [-0.15, -0.1) is 0 Å². The highest BCUT2D eigenvalue weighted by atomic mass is 32.2. The maximum atomic E-state index is 11.3. The lowest BCUT2D eigenvalue weighted by Crippen LogP contribution is -2.16. The molecular formula is C9H13N3OS. The molecule has 0 saturated heterocycles. The Kier molecular flexibility index (Phi) is 5.03. The van der Waals surface area contributed by atoms with Crippen LogP contribution in [0.3, 0.4) is 0 Å². The summed E-state index contributed by atoms with van der Waals surface area (Å²) in [5.41, 5.74) is 5.30. The maximum absolute atomic E-state index is 11.3. The highest BCUT2D eigenvalue weighted by molar-refractivity contribution is 7.99. The Balaban J connectivity index is 2.27. The standard InChI is InChI=1S/C9H13N3OS/c10-4-6-14-7-9(13)12-8-3-1-2-5-11-8/h1-3,5H,4,6-7,10H2,(H,11,12,13). The third-order valence-electron chi connectivity index (χ3n) is 1.43. The predicted octanol–water partition coefficient (Wildman–Crippen LogP) is 0.712. The number of aromatic nitrogens is 1. The maximum Gasteiger partial charge on any atom is 0.235 e. The Bertz CT molecular complexity index is 279. The van der Waals surface area contributed by atoms with E-state index in [1.165, 1.54) is 11.8 Å². The smallest absolute Gasteiger partial charge is 0.235 e. The summed E-state index contributed by atoms with van der Waals surface area (Å²) in [5.74, 6) is 1.77. The summed E-state index contributed by atoms with van der Waals surface area (Å²) in [7, 11) is 0. The van der Waals surface area contributed by atoms with Gasteiger partial charge >= 0.3 is 0 Å². The third-order valence-corrected chi connectivity index (χ3v) is 2.42. The molecule has 0 aliphatic carbocycles. The Morgan fingerprint density at radius 3 is 3.07 bits per heavy atom. The third kappa shape index (κ3) is 4.25. The molecule has 1 heterocycles. The van der Waals surface area contributed by atoms with Gasteiger partial charge in [-0.2, -0.15) is 11.8 Å². The van der Waals surface area contributed by atoms with Crippen LogP contribution in [-0.2, 0) is 4.79 Å². The molecule has 0 aliphatic rings. The van der Waals surface area contributed by atoms with Gasteiger partial charge in [0.15, 0.2) is 0 Å². The SMILES string of the molecule is NCCSCC(=O)Nc1ccccn1. The van der Waals surface area contributed by atoms with Gasteiger partial charge in [-0.3, -0.25) is 4.79 Å². The number of anilines is 1. The first-order valence-electron chi connectivity index (χ1n) is 4.31. The molecular weight excluding hydrogens is 198 g/mol. The van der Waals surface area contributed by atoms with Gasteiger partial charge in [0, 0.05) is 18.5 Å². The summed E-state index contributed by atoms with van der Waals surface area (Å²) in [4.78, 5) is 15.3. The first kappa shape index (κ1) is 11.0. The van der Waals surface area contributed by atoms with Crippen LogP contribution in [0.15, 0.2) is 24.4 Å². The summed E-state index contributed by atoms with van der Waals surface area (Å²) in [6.07, 6.45) is 1.64. The molecule has 1 rings (SSSR count). The first-order chi connectivity index (χ1) is 6.83. The number of hydrogen-bond donors (Lipinski definition) is 2. The van der Waals surface area contributed by atoms with Gasteiger partial charge in [0.2, 0.25) is 5.91 Å². The number of pyridine rings is 1. The van der Waals surface area contributed by atoms with Crippen molar-refractivity contribution in [3.8, 4) is 0 Å². The van der Waals surface area contributed by atoms with Gasteiger partial charge in [0.05, 0.1) is 5.75 Å². The fourth-order valence-corrected chi connectivity index (χ4v) is 1.43. The van der Waals surface area contributed by atoms with E-state index in [1.807, 2.05) is 6.07 Å². The van der Waals surface area contributed by atoms with Crippen molar-refractivity contribution in [2.45, 2.75) is 0 Å². The molecule has 0 saturated carbocycles. The van der Waals surface area contributed by atoms with Crippen LogP contribution >= 0.6 is 11.8 Å². The van der Waals surface area contributed by atoms with E-state index >= 15 is 0 Å². The van der Waals surface area contributed by atoms with Crippen LogP contribution in [0.1, 0.15) is 0 Å². The van der Waals surface area contributed by atoms with Crippen molar-refractivity contribution >= 4 is 23.5 Å². The molecule has 0 bridgehead atoms. The molecule has 0 radical (unpaired) electrons. The summed E-state index contributed by atoms with van der Waals surface area (Å²) in [6, 6.07) is 5.39. The van der Waals surface area contributed by atoms with Crippen LogP contribution in [0.5, 0.6) is 0 Å². The minimum Gasteiger partial charge on any atom is -0.330 e. The van der Waals surface area contributed by atoms with Crippen molar-refractivity contribution in [1.29, 1.82) is 0 Å². The Morgan fingerprint density at radius 2 is 2.43 bits per heavy atom. The lowest BCUT2D eigenvalue weighted by molar-refractivity contribution is -0.113. The summed E-state index contributed by atoms with van der Waals surface area (Å²) in [5, 5.41) is 2.69. The minimum atomic E-state index is -0.0397. The molecule has 4 nitrogen and oxygen atoms in total. The van der Waals surface area contributed by atoms with Gasteiger partial charge in [-0.1, -0.05) is 6.07 Å². The van der Waals surface area contributed by atoms with Crippen LogP contribution in [0.4, 0.5) is 5.82 Å². The lowest BCUT2D eigenvalue weighted by Gasteiger charge is -2.02. The predicted molar refractivity (Wildman–Crippen MR) is 59.2 cm³/mol. The molecule has 3 N–H and O–H groups in total. The van der Waals surface area contributed by atoms with Crippen LogP contribution in [0, 0.1) is 0 Å². The van der Waals surface area contributed by atoms with Gasteiger partial charge in [-0.25, -0.2) is 4.98 Å². The topological polar surface area (TPSA) is 68.0 Å². The fourth-order valence-electron chi connectivity index (χ4n) is 0.864. The fraction of sp³-hybridized carbons (Fsp3) is 0.333. The summed E-state index contributed by atoms with van der Waals surface area (Å²) >= 11 is 1.52. The van der Waals surface area contributed by atoms with E-state index in [9.17, 15) is 4.79 Å². The van der Waals surface area contributed by atoms with E-state index in [4.69, 9.17) is 5.73 Å². The quantitative estimate of drug-likeness (QED) is 0.704. The van der Waals surface area contributed by atoms with Crippen LogP contribution < -0.4 is 11.1 Å².